The van der Waals surface area contributed by atoms with E-state index in [0.29, 0.717) is 12.3 Å². The third-order valence-electron chi connectivity index (χ3n) is 3.09. The van der Waals surface area contributed by atoms with Gasteiger partial charge in [-0.1, -0.05) is 13.8 Å². The summed E-state index contributed by atoms with van der Waals surface area (Å²) in [5, 5.41) is 0. The zero-order valence-electron chi connectivity index (χ0n) is 9.58. The summed E-state index contributed by atoms with van der Waals surface area (Å²) in [4.78, 5) is 34.2. The Morgan fingerprint density at radius 3 is 2.33 bits per heavy atom. The molecule has 0 N–H and O–H groups in total. The summed E-state index contributed by atoms with van der Waals surface area (Å²) in [6.07, 6.45) is 1.35. The molecule has 84 valence electrons. The van der Waals surface area contributed by atoms with Crippen molar-refractivity contribution in [1.29, 1.82) is 0 Å². The van der Waals surface area contributed by atoms with E-state index in [1.165, 1.54) is 6.92 Å². The number of Topliss-reactive ketones (excluding diaryl/α,β-unsaturated/α-hetero) is 3. The van der Waals surface area contributed by atoms with E-state index in [4.69, 9.17) is 0 Å². The van der Waals surface area contributed by atoms with E-state index in [2.05, 4.69) is 0 Å². The monoisotopic (exact) mass is 210 g/mol. The Balaban J connectivity index is 2.63. The van der Waals surface area contributed by atoms with Crippen molar-refractivity contribution in [2.24, 2.45) is 17.8 Å². The first-order chi connectivity index (χ1) is 6.93. The number of hydrogen-bond acceptors (Lipinski definition) is 3. The van der Waals surface area contributed by atoms with Gasteiger partial charge >= 0.3 is 0 Å². The van der Waals surface area contributed by atoms with Crippen LogP contribution in [0.4, 0.5) is 0 Å². The highest BCUT2D eigenvalue weighted by Gasteiger charge is 2.39. The van der Waals surface area contributed by atoms with Crippen molar-refractivity contribution in [3.63, 3.8) is 0 Å². The fourth-order valence-electron chi connectivity index (χ4n) is 2.24. The van der Waals surface area contributed by atoms with Gasteiger partial charge in [0.1, 0.15) is 11.6 Å². The second-order valence-corrected chi connectivity index (χ2v) is 4.73. The summed E-state index contributed by atoms with van der Waals surface area (Å²) in [5.41, 5.74) is 0. The lowest BCUT2D eigenvalue weighted by Crippen LogP contribution is -2.25. The van der Waals surface area contributed by atoms with Gasteiger partial charge in [-0.15, -0.1) is 0 Å². The second kappa shape index (κ2) is 4.69. The molecule has 1 aliphatic rings. The fraction of sp³-hybridized carbons (Fsp3) is 0.750. The molecule has 1 fully saturated rings. The van der Waals surface area contributed by atoms with Crippen molar-refractivity contribution in [3.8, 4) is 0 Å². The van der Waals surface area contributed by atoms with Crippen LogP contribution in [0.2, 0.25) is 0 Å². The first-order valence-corrected chi connectivity index (χ1v) is 5.49. The van der Waals surface area contributed by atoms with Crippen molar-refractivity contribution in [1.82, 2.24) is 0 Å². The molecule has 2 atom stereocenters. The Morgan fingerprint density at radius 1 is 1.33 bits per heavy atom. The minimum absolute atomic E-state index is 0.0194. The van der Waals surface area contributed by atoms with Gasteiger partial charge < -0.3 is 0 Å². The molecule has 0 aliphatic heterocycles. The molecule has 0 amide bonds. The van der Waals surface area contributed by atoms with Gasteiger partial charge in [-0.05, 0) is 25.7 Å². The molecule has 1 rings (SSSR count). The van der Waals surface area contributed by atoms with Gasteiger partial charge in [0.05, 0.1) is 12.3 Å². The molecule has 0 aromatic heterocycles. The highest BCUT2D eigenvalue weighted by atomic mass is 16.2. The zero-order valence-corrected chi connectivity index (χ0v) is 9.58. The quantitative estimate of drug-likeness (QED) is 0.665. The van der Waals surface area contributed by atoms with Crippen LogP contribution in [0.1, 0.15) is 40.0 Å². The average Bonchev–Trinajstić information content (AvgIpc) is 2.45. The number of rotatable bonds is 4. The van der Waals surface area contributed by atoms with Crippen molar-refractivity contribution in [2.45, 2.75) is 40.0 Å². The molecule has 0 heterocycles. The highest BCUT2D eigenvalue weighted by Crippen LogP contribution is 2.33. The van der Waals surface area contributed by atoms with Crippen LogP contribution in [0.3, 0.4) is 0 Å². The van der Waals surface area contributed by atoms with Gasteiger partial charge in [0.25, 0.3) is 0 Å². The minimum Gasteiger partial charge on any atom is -0.300 e. The molecule has 0 aromatic carbocycles. The summed E-state index contributed by atoms with van der Waals surface area (Å²) in [7, 11) is 0. The smallest absolute Gasteiger partial charge is 0.150 e. The minimum atomic E-state index is -0.499. The maximum atomic E-state index is 11.8. The molecule has 0 aromatic rings. The fourth-order valence-corrected chi connectivity index (χ4v) is 2.24. The van der Waals surface area contributed by atoms with E-state index in [1.54, 1.807) is 0 Å². The first kappa shape index (κ1) is 12.1. The summed E-state index contributed by atoms with van der Waals surface area (Å²) in [5.74, 6) is -0.465. The normalized spacial score (nSPS) is 26.0. The van der Waals surface area contributed by atoms with Gasteiger partial charge in [-0.2, -0.15) is 0 Å². The van der Waals surface area contributed by atoms with Crippen LogP contribution in [0.5, 0.6) is 0 Å². The largest absolute Gasteiger partial charge is 0.300 e. The van der Waals surface area contributed by atoms with Gasteiger partial charge in [-0.25, -0.2) is 0 Å². The van der Waals surface area contributed by atoms with Gasteiger partial charge in [0.2, 0.25) is 0 Å². The van der Waals surface area contributed by atoms with Crippen LogP contribution in [-0.2, 0) is 14.4 Å². The third kappa shape index (κ3) is 2.74. The van der Waals surface area contributed by atoms with Gasteiger partial charge in [0, 0.05) is 5.92 Å². The summed E-state index contributed by atoms with van der Waals surface area (Å²) in [6, 6.07) is 0. The van der Waals surface area contributed by atoms with E-state index in [-0.39, 0.29) is 29.7 Å². The molecule has 3 heteroatoms. The van der Waals surface area contributed by atoms with Crippen LogP contribution in [0.15, 0.2) is 0 Å². The molecular weight excluding hydrogens is 192 g/mol. The summed E-state index contributed by atoms with van der Waals surface area (Å²) >= 11 is 0. The van der Waals surface area contributed by atoms with Crippen LogP contribution >= 0.6 is 0 Å². The Kier molecular flexibility index (Phi) is 3.77. The Morgan fingerprint density at radius 2 is 1.93 bits per heavy atom. The maximum Gasteiger partial charge on any atom is 0.150 e. The number of carbonyl (C=O) groups is 3. The molecule has 0 spiro atoms. The molecule has 0 radical (unpaired) electrons. The Bertz CT molecular complexity index is 291. The lowest BCUT2D eigenvalue weighted by molar-refractivity contribution is -0.134. The van der Waals surface area contributed by atoms with E-state index in [9.17, 15) is 14.4 Å². The Hall–Kier alpha value is -0.990. The van der Waals surface area contributed by atoms with E-state index in [0.717, 1.165) is 6.42 Å². The average molecular weight is 210 g/mol. The van der Waals surface area contributed by atoms with E-state index >= 15 is 0 Å². The molecule has 0 saturated heterocycles. The second-order valence-electron chi connectivity index (χ2n) is 4.73. The lowest BCUT2D eigenvalue weighted by atomic mass is 9.90. The highest BCUT2D eigenvalue weighted by molar-refractivity contribution is 6.10. The Labute approximate surface area is 90.2 Å². The predicted molar refractivity (Wildman–Crippen MR) is 56.4 cm³/mol. The van der Waals surface area contributed by atoms with Crippen LogP contribution < -0.4 is 0 Å². The molecule has 3 nitrogen and oxygen atoms in total. The third-order valence-corrected chi connectivity index (χ3v) is 3.09. The topological polar surface area (TPSA) is 51.2 Å². The van der Waals surface area contributed by atoms with Crippen LogP contribution in [0, 0.1) is 17.8 Å². The van der Waals surface area contributed by atoms with E-state index < -0.39 is 5.92 Å². The van der Waals surface area contributed by atoms with Crippen LogP contribution in [0.25, 0.3) is 0 Å². The van der Waals surface area contributed by atoms with Crippen molar-refractivity contribution >= 4 is 17.3 Å². The molecule has 2 unspecified atom stereocenters. The number of carbonyl (C=O) groups excluding carboxylic acids is 3. The standard InChI is InChI=1S/C12H18O3/c1-7(2)9-4-5-10(12(9)15)11(14)6-8(3)13/h7,9-10H,4-6H2,1-3H3. The molecular formula is C12H18O3. The SMILES string of the molecule is CC(=O)CC(=O)C1CCC(C(C)C)C1=O. The van der Waals surface area contributed by atoms with Gasteiger partial charge in [0.15, 0.2) is 5.78 Å². The van der Waals surface area contributed by atoms with Gasteiger partial charge in [-0.3, -0.25) is 14.4 Å². The first-order valence-electron chi connectivity index (χ1n) is 5.49. The van der Waals surface area contributed by atoms with Crippen molar-refractivity contribution in [3.05, 3.63) is 0 Å². The summed E-state index contributed by atoms with van der Waals surface area (Å²) in [6.45, 7) is 5.39. The summed E-state index contributed by atoms with van der Waals surface area (Å²) < 4.78 is 0. The molecule has 1 aliphatic carbocycles. The molecule has 1 saturated carbocycles. The van der Waals surface area contributed by atoms with Crippen molar-refractivity contribution in [2.75, 3.05) is 0 Å². The maximum absolute atomic E-state index is 11.8. The van der Waals surface area contributed by atoms with E-state index in [1.807, 2.05) is 13.8 Å². The lowest BCUT2D eigenvalue weighted by Gasteiger charge is -2.12. The predicted octanol–water partition coefficient (Wildman–Crippen LogP) is 1.79. The van der Waals surface area contributed by atoms with Crippen molar-refractivity contribution < 1.29 is 14.4 Å². The number of ketones is 3. The molecule has 15 heavy (non-hydrogen) atoms. The molecule has 0 bridgehead atoms. The number of hydrogen-bond donors (Lipinski definition) is 0. The zero-order chi connectivity index (χ0) is 11.6. The van der Waals surface area contributed by atoms with Crippen LogP contribution in [-0.4, -0.2) is 17.3 Å².